The van der Waals surface area contributed by atoms with Crippen LogP contribution >= 0.6 is 0 Å². The summed E-state index contributed by atoms with van der Waals surface area (Å²) in [6, 6.07) is 6.19. The fourth-order valence-electron chi connectivity index (χ4n) is 3.90. The lowest BCUT2D eigenvalue weighted by atomic mass is 10.1. The number of ether oxygens (including phenoxy) is 1. The molecule has 138 valence electrons. The molecule has 4 heterocycles. The highest BCUT2D eigenvalue weighted by atomic mass is 16.5. The number of carbonyl (C=O) groups is 1. The van der Waals surface area contributed by atoms with E-state index in [1.807, 2.05) is 29.3 Å². The van der Waals surface area contributed by atoms with Gasteiger partial charge in [0, 0.05) is 56.5 Å². The molecular formula is C20H25N3O3. The number of hydrogen-bond donors (Lipinski definition) is 0. The number of aromatic nitrogens is 1. The molecule has 2 aliphatic rings. The molecule has 2 atom stereocenters. The van der Waals surface area contributed by atoms with Crippen molar-refractivity contribution < 1.29 is 13.9 Å². The van der Waals surface area contributed by atoms with E-state index >= 15 is 0 Å². The lowest BCUT2D eigenvalue weighted by molar-refractivity contribution is -0.133. The van der Waals surface area contributed by atoms with E-state index in [0.29, 0.717) is 18.9 Å². The van der Waals surface area contributed by atoms with E-state index in [1.165, 1.54) is 5.56 Å². The van der Waals surface area contributed by atoms with Gasteiger partial charge in [0.05, 0.1) is 31.8 Å². The second-order valence-electron chi connectivity index (χ2n) is 7.28. The summed E-state index contributed by atoms with van der Waals surface area (Å²) in [6.07, 6.45) is 8.39. The van der Waals surface area contributed by atoms with Crippen LogP contribution in [0.2, 0.25) is 0 Å². The van der Waals surface area contributed by atoms with Crippen molar-refractivity contribution in [3.8, 4) is 0 Å². The minimum Gasteiger partial charge on any atom is -0.472 e. The van der Waals surface area contributed by atoms with Crippen LogP contribution in [-0.2, 0) is 22.5 Å². The molecule has 4 rings (SSSR count). The molecule has 2 bridgehead atoms. The average molecular weight is 355 g/mol. The van der Waals surface area contributed by atoms with Gasteiger partial charge in [0.2, 0.25) is 5.91 Å². The van der Waals surface area contributed by atoms with Crippen LogP contribution in [0.4, 0.5) is 0 Å². The van der Waals surface area contributed by atoms with E-state index in [-0.39, 0.29) is 11.9 Å². The minimum atomic E-state index is 0.232. The van der Waals surface area contributed by atoms with Gasteiger partial charge in [-0.15, -0.1) is 0 Å². The van der Waals surface area contributed by atoms with Gasteiger partial charge in [-0.1, -0.05) is 6.07 Å². The van der Waals surface area contributed by atoms with Crippen LogP contribution in [0.25, 0.3) is 0 Å². The zero-order valence-electron chi connectivity index (χ0n) is 14.9. The van der Waals surface area contributed by atoms with Crippen LogP contribution in [0.15, 0.2) is 47.5 Å². The lowest BCUT2D eigenvalue weighted by Crippen LogP contribution is -2.45. The summed E-state index contributed by atoms with van der Waals surface area (Å²) in [5.74, 6) is 0.590. The molecule has 26 heavy (non-hydrogen) atoms. The molecule has 0 saturated carbocycles. The first-order valence-corrected chi connectivity index (χ1v) is 9.27. The van der Waals surface area contributed by atoms with E-state index in [0.717, 1.165) is 44.8 Å². The van der Waals surface area contributed by atoms with E-state index in [4.69, 9.17) is 9.15 Å². The summed E-state index contributed by atoms with van der Waals surface area (Å²) < 4.78 is 11.1. The Morgan fingerprint density at radius 3 is 2.96 bits per heavy atom. The topological polar surface area (TPSA) is 58.8 Å². The van der Waals surface area contributed by atoms with Crippen molar-refractivity contribution in [2.24, 2.45) is 5.92 Å². The van der Waals surface area contributed by atoms with Crippen LogP contribution in [0.5, 0.6) is 0 Å². The predicted molar refractivity (Wildman–Crippen MR) is 96.4 cm³/mol. The maximum Gasteiger partial charge on any atom is 0.222 e. The van der Waals surface area contributed by atoms with Gasteiger partial charge in [-0.25, -0.2) is 0 Å². The standard InChI is InChI=1S/C20H25N3O3/c24-20(4-3-16-2-1-6-21-8-16)23-11-18-10-22(9-17-5-7-25-13-17)19(12-23)15-26-14-18/h1-2,5-8,13,18-19H,3-4,9-12,14-15H2/t18-,19+/m1/s1. The van der Waals surface area contributed by atoms with Crippen molar-refractivity contribution in [2.45, 2.75) is 25.4 Å². The van der Waals surface area contributed by atoms with Gasteiger partial charge in [-0.3, -0.25) is 14.7 Å². The van der Waals surface area contributed by atoms with Crippen molar-refractivity contribution in [1.29, 1.82) is 0 Å². The van der Waals surface area contributed by atoms with Crippen LogP contribution in [-0.4, -0.2) is 59.6 Å². The van der Waals surface area contributed by atoms with E-state index in [9.17, 15) is 4.79 Å². The molecule has 0 unspecified atom stereocenters. The number of carbonyl (C=O) groups excluding carboxylic acids is 1. The Bertz CT molecular complexity index is 704. The molecule has 0 aromatic carbocycles. The number of pyridine rings is 1. The first-order chi connectivity index (χ1) is 12.8. The molecule has 1 amide bonds. The summed E-state index contributed by atoms with van der Waals surface area (Å²) in [5.41, 5.74) is 2.28. The van der Waals surface area contributed by atoms with E-state index in [1.54, 1.807) is 18.7 Å². The van der Waals surface area contributed by atoms with Crippen LogP contribution in [0.3, 0.4) is 0 Å². The highest BCUT2D eigenvalue weighted by molar-refractivity contribution is 5.76. The largest absolute Gasteiger partial charge is 0.472 e. The average Bonchev–Trinajstić information content (AvgIpc) is 3.00. The smallest absolute Gasteiger partial charge is 0.222 e. The minimum absolute atomic E-state index is 0.232. The molecule has 0 radical (unpaired) electrons. The summed E-state index contributed by atoms with van der Waals surface area (Å²) in [7, 11) is 0. The zero-order chi connectivity index (χ0) is 17.8. The quantitative estimate of drug-likeness (QED) is 0.821. The van der Waals surface area contributed by atoms with Gasteiger partial charge in [-0.2, -0.15) is 0 Å². The SMILES string of the molecule is O=C(CCc1cccnc1)N1C[C@@H]2COC[C@H](C1)N(Cc1ccoc1)C2. The van der Waals surface area contributed by atoms with E-state index in [2.05, 4.69) is 9.88 Å². The Labute approximate surface area is 153 Å². The third-order valence-corrected chi connectivity index (χ3v) is 5.25. The van der Waals surface area contributed by atoms with Crippen LogP contribution in [0, 0.1) is 5.92 Å². The van der Waals surface area contributed by atoms with Crippen molar-refractivity contribution in [3.05, 3.63) is 54.2 Å². The highest BCUT2D eigenvalue weighted by Gasteiger charge is 2.34. The zero-order valence-corrected chi connectivity index (χ0v) is 14.9. The Balaban J connectivity index is 1.40. The molecule has 6 nitrogen and oxygen atoms in total. The number of furan rings is 1. The number of fused-ring (bicyclic) bond motifs is 3. The van der Waals surface area contributed by atoms with E-state index < -0.39 is 0 Å². The van der Waals surface area contributed by atoms with Crippen LogP contribution in [0.1, 0.15) is 17.5 Å². The fourth-order valence-corrected chi connectivity index (χ4v) is 3.90. The molecular weight excluding hydrogens is 330 g/mol. The molecule has 2 aliphatic heterocycles. The Morgan fingerprint density at radius 2 is 2.15 bits per heavy atom. The number of aryl methyl sites for hydroxylation is 1. The molecule has 6 heteroatoms. The Kier molecular flexibility index (Phi) is 5.32. The Hall–Kier alpha value is -2.18. The third-order valence-electron chi connectivity index (χ3n) is 5.25. The van der Waals surface area contributed by atoms with Crippen molar-refractivity contribution in [3.63, 3.8) is 0 Å². The summed E-state index contributed by atoms with van der Waals surface area (Å²) >= 11 is 0. The van der Waals surface area contributed by atoms with Crippen LogP contribution < -0.4 is 0 Å². The fraction of sp³-hybridized carbons (Fsp3) is 0.500. The third kappa shape index (κ3) is 4.14. The van der Waals surface area contributed by atoms with Crippen molar-refractivity contribution in [1.82, 2.24) is 14.8 Å². The molecule has 0 aliphatic carbocycles. The number of nitrogens with zero attached hydrogens (tertiary/aromatic N) is 3. The molecule has 2 aromatic rings. The van der Waals surface area contributed by atoms with Gasteiger partial charge in [0.15, 0.2) is 0 Å². The second kappa shape index (κ2) is 8.01. The van der Waals surface area contributed by atoms with Gasteiger partial charge >= 0.3 is 0 Å². The molecule has 0 N–H and O–H groups in total. The number of hydrogen-bond acceptors (Lipinski definition) is 5. The molecule has 0 spiro atoms. The van der Waals surface area contributed by atoms with Crippen molar-refractivity contribution >= 4 is 5.91 Å². The second-order valence-corrected chi connectivity index (χ2v) is 7.28. The predicted octanol–water partition coefficient (Wildman–Crippen LogP) is 1.97. The lowest BCUT2D eigenvalue weighted by Gasteiger charge is -2.31. The maximum absolute atomic E-state index is 12.8. The summed E-state index contributed by atoms with van der Waals surface area (Å²) in [4.78, 5) is 21.4. The van der Waals surface area contributed by atoms with Gasteiger partial charge in [0.1, 0.15) is 0 Å². The summed E-state index contributed by atoms with van der Waals surface area (Å²) in [6.45, 7) is 4.73. The normalized spacial score (nSPS) is 23.6. The molecule has 2 saturated heterocycles. The summed E-state index contributed by atoms with van der Waals surface area (Å²) in [5, 5.41) is 0. The monoisotopic (exact) mass is 355 g/mol. The first-order valence-electron chi connectivity index (χ1n) is 9.27. The van der Waals surface area contributed by atoms with Gasteiger partial charge in [0.25, 0.3) is 0 Å². The Morgan fingerprint density at radius 1 is 1.19 bits per heavy atom. The first kappa shape index (κ1) is 17.2. The maximum atomic E-state index is 12.8. The van der Waals surface area contributed by atoms with Crippen molar-refractivity contribution in [2.75, 3.05) is 32.8 Å². The van der Waals surface area contributed by atoms with Gasteiger partial charge in [-0.05, 0) is 24.1 Å². The number of rotatable bonds is 5. The van der Waals surface area contributed by atoms with Gasteiger partial charge < -0.3 is 14.1 Å². The molecule has 2 aromatic heterocycles. The molecule has 2 fully saturated rings. The number of amides is 1. The highest BCUT2D eigenvalue weighted by Crippen LogP contribution is 2.22.